The van der Waals surface area contributed by atoms with Crippen molar-refractivity contribution in [3.8, 4) is 11.3 Å². The van der Waals surface area contributed by atoms with E-state index in [2.05, 4.69) is 4.98 Å². The summed E-state index contributed by atoms with van der Waals surface area (Å²) in [6, 6.07) is 5.75. The molecule has 0 saturated heterocycles. The Bertz CT molecular complexity index is 697. The second-order valence-electron chi connectivity index (χ2n) is 4.02. The van der Waals surface area contributed by atoms with E-state index in [1.54, 1.807) is 0 Å². The molecule has 0 saturated carbocycles. The molecule has 0 N–H and O–H groups in total. The summed E-state index contributed by atoms with van der Waals surface area (Å²) < 4.78 is 7.52. The minimum absolute atomic E-state index is 0.650. The van der Waals surface area contributed by atoms with E-state index in [9.17, 15) is 0 Å². The summed E-state index contributed by atoms with van der Waals surface area (Å²) >= 11 is 6.10. The Balaban J connectivity index is 2.32. The molecule has 0 aliphatic rings. The summed E-state index contributed by atoms with van der Waals surface area (Å²) in [4.78, 5) is 4.33. The third-order valence-electron chi connectivity index (χ3n) is 2.81. The number of imidazole rings is 1. The van der Waals surface area contributed by atoms with Crippen molar-refractivity contribution in [3.63, 3.8) is 0 Å². The van der Waals surface area contributed by atoms with Gasteiger partial charge >= 0.3 is 0 Å². The number of rotatable bonds is 1. The first-order valence-electron chi connectivity index (χ1n) is 5.36. The molecular weight excluding hydrogens is 236 g/mol. The van der Waals surface area contributed by atoms with Crippen LogP contribution in [0.1, 0.15) is 11.5 Å². The Kier molecular flexibility index (Phi) is 2.23. The van der Waals surface area contributed by atoms with Crippen molar-refractivity contribution < 1.29 is 4.42 Å². The lowest BCUT2D eigenvalue weighted by Crippen LogP contribution is -1.87. The Morgan fingerprint density at radius 2 is 2.18 bits per heavy atom. The Labute approximate surface area is 104 Å². The number of hydrogen-bond donors (Lipinski definition) is 0. The largest absolute Gasteiger partial charge is 0.466 e. The molecule has 0 amide bonds. The summed E-state index contributed by atoms with van der Waals surface area (Å²) in [7, 11) is 0. The Morgan fingerprint density at radius 3 is 2.88 bits per heavy atom. The third-order valence-corrected chi connectivity index (χ3v) is 3.10. The van der Waals surface area contributed by atoms with E-state index >= 15 is 0 Å². The van der Waals surface area contributed by atoms with Crippen LogP contribution < -0.4 is 0 Å². The van der Waals surface area contributed by atoms with Crippen molar-refractivity contribution in [2.24, 2.45) is 0 Å². The van der Waals surface area contributed by atoms with E-state index in [1.165, 1.54) is 0 Å². The summed E-state index contributed by atoms with van der Waals surface area (Å²) in [6.07, 6.45) is 3.77. The van der Waals surface area contributed by atoms with Crippen molar-refractivity contribution in [1.29, 1.82) is 0 Å². The molecule has 0 atom stereocenters. The van der Waals surface area contributed by atoms with Crippen molar-refractivity contribution >= 4 is 17.2 Å². The smallest absolute Gasteiger partial charge is 0.156 e. The van der Waals surface area contributed by atoms with Crippen LogP contribution in [0.15, 0.2) is 35.0 Å². The molecule has 0 aromatic carbocycles. The highest BCUT2D eigenvalue weighted by Crippen LogP contribution is 2.28. The second kappa shape index (κ2) is 3.64. The van der Waals surface area contributed by atoms with Gasteiger partial charge in [-0.05, 0) is 32.0 Å². The molecule has 3 aromatic rings. The zero-order valence-electron chi connectivity index (χ0n) is 9.57. The van der Waals surface area contributed by atoms with Crippen LogP contribution in [0.25, 0.3) is 16.9 Å². The molecule has 3 rings (SSSR count). The average molecular weight is 247 g/mol. The van der Waals surface area contributed by atoms with Gasteiger partial charge in [0.1, 0.15) is 11.5 Å². The van der Waals surface area contributed by atoms with Crippen molar-refractivity contribution in [2.75, 3.05) is 0 Å². The number of pyridine rings is 1. The minimum Gasteiger partial charge on any atom is -0.466 e. The van der Waals surface area contributed by atoms with Crippen molar-refractivity contribution in [2.45, 2.75) is 13.8 Å². The maximum atomic E-state index is 6.10. The fraction of sp³-hybridized carbons (Fsp3) is 0.154. The quantitative estimate of drug-likeness (QED) is 0.653. The third kappa shape index (κ3) is 1.54. The minimum atomic E-state index is 0.650. The first-order valence-corrected chi connectivity index (χ1v) is 5.73. The fourth-order valence-electron chi connectivity index (χ4n) is 2.06. The summed E-state index contributed by atoms with van der Waals surface area (Å²) in [6.45, 7) is 3.89. The van der Waals surface area contributed by atoms with Crippen LogP contribution in [0.3, 0.4) is 0 Å². The monoisotopic (exact) mass is 246 g/mol. The van der Waals surface area contributed by atoms with Crippen LogP contribution in [0.5, 0.6) is 0 Å². The molecule has 86 valence electrons. The summed E-state index contributed by atoms with van der Waals surface area (Å²) in [5.74, 6) is 1.79. The number of aromatic nitrogens is 2. The molecule has 3 aromatic heterocycles. The average Bonchev–Trinajstić information content (AvgIpc) is 2.83. The predicted octanol–water partition coefficient (Wildman–Crippen LogP) is 3.86. The van der Waals surface area contributed by atoms with Gasteiger partial charge in [-0.2, -0.15) is 0 Å². The van der Waals surface area contributed by atoms with Crippen LogP contribution in [0.2, 0.25) is 5.02 Å². The number of furan rings is 1. The summed E-state index contributed by atoms with van der Waals surface area (Å²) in [5, 5.41) is 0.650. The fourth-order valence-corrected chi connectivity index (χ4v) is 2.27. The zero-order valence-corrected chi connectivity index (χ0v) is 10.3. The van der Waals surface area contributed by atoms with Gasteiger partial charge in [0.25, 0.3) is 0 Å². The van der Waals surface area contributed by atoms with Gasteiger partial charge in [0.2, 0.25) is 0 Å². The van der Waals surface area contributed by atoms with Gasteiger partial charge in [0, 0.05) is 11.8 Å². The van der Waals surface area contributed by atoms with Gasteiger partial charge in [-0.15, -0.1) is 0 Å². The second-order valence-corrected chi connectivity index (χ2v) is 4.43. The number of aryl methyl sites for hydroxylation is 2. The Hall–Kier alpha value is -1.74. The lowest BCUT2D eigenvalue weighted by atomic mass is 10.2. The van der Waals surface area contributed by atoms with Gasteiger partial charge in [-0.25, -0.2) is 4.98 Å². The van der Waals surface area contributed by atoms with Crippen LogP contribution >= 0.6 is 11.6 Å². The van der Waals surface area contributed by atoms with E-state index < -0.39 is 0 Å². The van der Waals surface area contributed by atoms with Gasteiger partial charge in [-0.1, -0.05) is 11.6 Å². The molecule has 3 heterocycles. The molecule has 17 heavy (non-hydrogen) atoms. The highest BCUT2D eigenvalue weighted by molar-refractivity contribution is 6.33. The zero-order chi connectivity index (χ0) is 12.0. The predicted molar refractivity (Wildman–Crippen MR) is 67.4 cm³/mol. The van der Waals surface area contributed by atoms with E-state index in [0.29, 0.717) is 5.02 Å². The van der Waals surface area contributed by atoms with E-state index in [-0.39, 0.29) is 0 Å². The van der Waals surface area contributed by atoms with Crippen LogP contribution in [-0.2, 0) is 0 Å². The highest BCUT2D eigenvalue weighted by Gasteiger charge is 2.13. The van der Waals surface area contributed by atoms with Gasteiger partial charge in [0.05, 0.1) is 16.9 Å². The van der Waals surface area contributed by atoms with Gasteiger partial charge in [-0.3, -0.25) is 4.40 Å². The molecule has 0 fully saturated rings. The molecule has 0 unspecified atom stereocenters. The number of halogens is 1. The van der Waals surface area contributed by atoms with E-state index in [4.69, 9.17) is 16.0 Å². The van der Waals surface area contributed by atoms with Crippen molar-refractivity contribution in [3.05, 3.63) is 47.1 Å². The first kappa shape index (κ1) is 10.4. The molecule has 0 radical (unpaired) electrons. The molecule has 0 bridgehead atoms. The normalized spacial score (nSPS) is 11.2. The van der Waals surface area contributed by atoms with E-state index in [1.807, 2.05) is 48.8 Å². The van der Waals surface area contributed by atoms with Crippen LogP contribution in [0, 0.1) is 13.8 Å². The number of fused-ring (bicyclic) bond motifs is 1. The molecule has 0 aliphatic heterocycles. The molecule has 3 nitrogen and oxygen atoms in total. The molecule has 4 heteroatoms. The van der Waals surface area contributed by atoms with Crippen molar-refractivity contribution in [1.82, 2.24) is 9.38 Å². The molecule has 0 aliphatic carbocycles. The van der Waals surface area contributed by atoms with E-state index in [0.717, 1.165) is 28.4 Å². The lowest BCUT2D eigenvalue weighted by molar-refractivity contribution is 0.505. The van der Waals surface area contributed by atoms with Gasteiger partial charge in [0.15, 0.2) is 5.65 Å². The highest BCUT2D eigenvalue weighted by atomic mass is 35.5. The topological polar surface area (TPSA) is 30.4 Å². The summed E-state index contributed by atoms with van der Waals surface area (Å²) in [5.41, 5.74) is 2.82. The van der Waals surface area contributed by atoms with Crippen LogP contribution in [0.4, 0.5) is 0 Å². The maximum absolute atomic E-state index is 6.10. The lowest BCUT2D eigenvalue weighted by Gasteiger charge is -2.00. The van der Waals surface area contributed by atoms with Gasteiger partial charge < -0.3 is 4.42 Å². The standard InChI is InChI=1S/C13H11ClN2O/c1-8-6-10(9(2)17-8)12-7-15-13-11(14)4-3-5-16(12)13/h3-7H,1-2H3. The molecule has 0 spiro atoms. The SMILES string of the molecule is Cc1cc(-c2cnc3c(Cl)cccn23)c(C)o1. The van der Waals surface area contributed by atoms with Crippen LogP contribution in [-0.4, -0.2) is 9.38 Å². The maximum Gasteiger partial charge on any atom is 0.156 e. The number of hydrogen-bond acceptors (Lipinski definition) is 2. The number of nitrogens with zero attached hydrogens (tertiary/aromatic N) is 2. The molecular formula is C13H11ClN2O. The Morgan fingerprint density at radius 1 is 1.35 bits per heavy atom. The first-order chi connectivity index (χ1) is 8.16.